The first kappa shape index (κ1) is 16.6. The Morgan fingerprint density at radius 2 is 2.23 bits per heavy atom. The molecule has 0 radical (unpaired) electrons. The number of carbonyl (C=O) groups is 2. The summed E-state index contributed by atoms with van der Waals surface area (Å²) in [7, 11) is 0. The van der Waals surface area contributed by atoms with Gasteiger partial charge >= 0.3 is 0 Å². The zero-order valence-electron chi connectivity index (χ0n) is 15.5. The summed E-state index contributed by atoms with van der Waals surface area (Å²) in [6.45, 7) is 4.54. The zero-order valence-corrected chi connectivity index (χ0v) is 15.5. The molecule has 138 valence electrons. The van der Waals surface area contributed by atoms with E-state index in [-0.39, 0.29) is 28.3 Å². The first-order chi connectivity index (χ1) is 12.4. The van der Waals surface area contributed by atoms with Crippen molar-refractivity contribution in [2.75, 3.05) is 13.2 Å². The van der Waals surface area contributed by atoms with Gasteiger partial charge < -0.3 is 9.84 Å². The number of Topliss-reactive ketones (excluding diaryl/α,β-unsaturated/α-hetero) is 1. The molecule has 1 saturated heterocycles. The normalized spacial score (nSPS) is 48.4. The van der Waals surface area contributed by atoms with Gasteiger partial charge in [0.1, 0.15) is 12.2 Å². The average molecular weight is 354 g/mol. The second-order valence-electron chi connectivity index (χ2n) is 9.12. The highest BCUT2D eigenvalue weighted by Crippen LogP contribution is 2.71. The van der Waals surface area contributed by atoms with E-state index in [1.54, 1.807) is 6.08 Å². The number of aliphatic hydroxyl groups is 1. The third kappa shape index (κ3) is 1.64. The van der Waals surface area contributed by atoms with Gasteiger partial charge in [-0.2, -0.15) is 0 Å². The third-order valence-electron chi connectivity index (χ3n) is 8.33. The predicted molar refractivity (Wildman–Crippen MR) is 96.2 cm³/mol. The number of allylic oxidation sites excluding steroid dienone is 6. The van der Waals surface area contributed by atoms with E-state index in [9.17, 15) is 14.7 Å². The minimum atomic E-state index is -0.788. The van der Waals surface area contributed by atoms with Crippen molar-refractivity contribution in [2.24, 2.45) is 28.6 Å². The van der Waals surface area contributed by atoms with Crippen LogP contribution >= 0.6 is 0 Å². The van der Waals surface area contributed by atoms with Gasteiger partial charge in [-0.3, -0.25) is 9.59 Å². The van der Waals surface area contributed by atoms with E-state index >= 15 is 0 Å². The Morgan fingerprint density at radius 1 is 1.42 bits per heavy atom. The number of aliphatic hydroxyl groups excluding tert-OH is 1. The van der Waals surface area contributed by atoms with Crippen LogP contribution in [0.4, 0.5) is 0 Å². The Kier molecular flexibility index (Phi) is 3.23. The number of fused-ring (bicyclic) bond motifs is 4. The molecule has 6 atom stereocenters. The van der Waals surface area contributed by atoms with Crippen LogP contribution < -0.4 is 0 Å². The average Bonchev–Trinajstić information content (AvgIpc) is 2.78. The topological polar surface area (TPSA) is 63.6 Å². The number of hydrogen-bond donors (Lipinski definition) is 1. The summed E-state index contributed by atoms with van der Waals surface area (Å²) in [6, 6.07) is 0. The van der Waals surface area contributed by atoms with Crippen LogP contribution in [0, 0.1) is 28.6 Å². The molecule has 4 heteroatoms. The van der Waals surface area contributed by atoms with Gasteiger partial charge in [0.25, 0.3) is 0 Å². The lowest BCUT2D eigenvalue weighted by Gasteiger charge is -2.61. The van der Waals surface area contributed by atoms with Crippen molar-refractivity contribution in [1.29, 1.82) is 0 Å². The molecular weight excluding hydrogens is 328 g/mol. The van der Waals surface area contributed by atoms with Gasteiger partial charge in [-0.15, -0.1) is 0 Å². The number of ketones is 2. The molecule has 1 aliphatic heterocycles. The molecule has 0 aromatic heterocycles. The SMILES string of the molecule is C[C@@H]1C[C@H]2[C@@H]3CCC4=CC(=O)C=C[C@]4(C)C3=CC[C@@]23CO[C@]13C(=O)CO. The fourth-order valence-electron chi connectivity index (χ4n) is 7.13. The first-order valence-electron chi connectivity index (χ1n) is 9.82. The maximum Gasteiger partial charge on any atom is 0.190 e. The van der Waals surface area contributed by atoms with Crippen LogP contribution in [0.25, 0.3) is 0 Å². The zero-order chi connectivity index (χ0) is 18.3. The minimum Gasteiger partial charge on any atom is -0.388 e. The van der Waals surface area contributed by atoms with Crippen LogP contribution in [-0.4, -0.2) is 35.5 Å². The number of rotatable bonds is 2. The van der Waals surface area contributed by atoms with Gasteiger partial charge in [0.05, 0.1) is 6.61 Å². The molecule has 0 amide bonds. The molecule has 0 unspecified atom stereocenters. The molecule has 1 spiro atoms. The highest BCUT2D eigenvalue weighted by molar-refractivity contribution is 6.01. The van der Waals surface area contributed by atoms with Crippen LogP contribution in [0.5, 0.6) is 0 Å². The number of carbonyl (C=O) groups excluding carboxylic acids is 2. The van der Waals surface area contributed by atoms with Gasteiger partial charge in [-0.25, -0.2) is 0 Å². The largest absolute Gasteiger partial charge is 0.388 e. The van der Waals surface area contributed by atoms with E-state index in [1.807, 2.05) is 6.08 Å². The van der Waals surface area contributed by atoms with E-state index in [1.165, 1.54) is 11.1 Å². The smallest absolute Gasteiger partial charge is 0.190 e. The molecule has 1 N–H and O–H groups in total. The molecule has 4 nitrogen and oxygen atoms in total. The van der Waals surface area contributed by atoms with Gasteiger partial charge in [0.15, 0.2) is 11.6 Å². The molecule has 26 heavy (non-hydrogen) atoms. The van der Waals surface area contributed by atoms with Crippen molar-refractivity contribution in [1.82, 2.24) is 0 Å². The van der Waals surface area contributed by atoms with E-state index in [2.05, 4.69) is 26.0 Å². The van der Waals surface area contributed by atoms with Crippen LogP contribution in [-0.2, 0) is 14.3 Å². The molecule has 4 aliphatic carbocycles. The Labute approximate surface area is 154 Å². The Balaban J connectivity index is 1.59. The number of hydrogen-bond acceptors (Lipinski definition) is 4. The van der Waals surface area contributed by atoms with E-state index in [0.29, 0.717) is 18.4 Å². The molecular formula is C22H26O4. The summed E-state index contributed by atoms with van der Waals surface area (Å²) >= 11 is 0. The summed E-state index contributed by atoms with van der Waals surface area (Å²) in [5, 5.41) is 9.58. The Morgan fingerprint density at radius 3 is 2.92 bits per heavy atom. The van der Waals surface area contributed by atoms with Crippen LogP contribution in [0.3, 0.4) is 0 Å². The summed E-state index contributed by atoms with van der Waals surface area (Å²) in [5.74, 6) is 0.955. The summed E-state index contributed by atoms with van der Waals surface area (Å²) in [6.07, 6.45) is 11.8. The second kappa shape index (κ2) is 5.05. The summed E-state index contributed by atoms with van der Waals surface area (Å²) < 4.78 is 5.98. The van der Waals surface area contributed by atoms with Crippen LogP contribution in [0.1, 0.15) is 39.5 Å². The highest BCUT2D eigenvalue weighted by Gasteiger charge is 2.75. The molecule has 0 aromatic carbocycles. The molecule has 0 aromatic rings. The lowest BCUT2D eigenvalue weighted by molar-refractivity contribution is -0.268. The molecule has 2 saturated carbocycles. The third-order valence-corrected chi connectivity index (χ3v) is 8.33. The van der Waals surface area contributed by atoms with Crippen molar-refractivity contribution >= 4 is 11.6 Å². The van der Waals surface area contributed by atoms with Gasteiger partial charge in [-0.05, 0) is 62.5 Å². The summed E-state index contributed by atoms with van der Waals surface area (Å²) in [5.41, 5.74) is 1.58. The highest BCUT2D eigenvalue weighted by atomic mass is 16.5. The second-order valence-corrected chi connectivity index (χ2v) is 9.12. The minimum absolute atomic E-state index is 0.0956. The summed E-state index contributed by atoms with van der Waals surface area (Å²) in [4.78, 5) is 24.5. The van der Waals surface area contributed by atoms with Gasteiger partial charge in [0, 0.05) is 10.8 Å². The maximum atomic E-state index is 12.7. The molecule has 0 bridgehead atoms. The standard InChI is InChI=1S/C22H26O4/c1-13-9-18-16-4-3-14-10-15(24)5-7-20(14,2)17(16)6-8-21(18)12-26-22(13,21)19(25)11-23/h5-7,10,13,16,18,23H,3-4,8-9,11-12H2,1-2H3/t13-,16-,18+,20+,21-,22+/m1/s1. The maximum absolute atomic E-state index is 12.7. The quantitative estimate of drug-likeness (QED) is 0.775. The van der Waals surface area contributed by atoms with E-state index < -0.39 is 12.2 Å². The van der Waals surface area contributed by atoms with Crippen molar-refractivity contribution < 1.29 is 19.4 Å². The van der Waals surface area contributed by atoms with E-state index in [4.69, 9.17) is 4.74 Å². The molecule has 1 heterocycles. The van der Waals surface area contributed by atoms with Gasteiger partial charge in [-0.1, -0.05) is 30.2 Å². The Hall–Kier alpha value is -1.52. The van der Waals surface area contributed by atoms with Crippen LogP contribution in [0.15, 0.2) is 35.5 Å². The van der Waals surface area contributed by atoms with Crippen molar-refractivity contribution in [3.05, 3.63) is 35.5 Å². The van der Waals surface area contributed by atoms with Crippen molar-refractivity contribution in [3.8, 4) is 0 Å². The molecule has 3 fully saturated rings. The first-order valence-corrected chi connectivity index (χ1v) is 9.82. The Bertz CT molecular complexity index is 805. The van der Waals surface area contributed by atoms with Crippen molar-refractivity contribution in [3.63, 3.8) is 0 Å². The monoisotopic (exact) mass is 354 g/mol. The fourth-order valence-corrected chi connectivity index (χ4v) is 7.13. The fraction of sp³-hybridized carbons (Fsp3) is 0.636. The van der Waals surface area contributed by atoms with Crippen LogP contribution in [0.2, 0.25) is 0 Å². The lowest BCUT2D eigenvalue weighted by Crippen LogP contribution is -2.70. The van der Waals surface area contributed by atoms with Crippen molar-refractivity contribution in [2.45, 2.75) is 45.1 Å². The van der Waals surface area contributed by atoms with E-state index in [0.717, 1.165) is 25.7 Å². The van der Waals surface area contributed by atoms with Gasteiger partial charge in [0.2, 0.25) is 0 Å². The number of ether oxygens (including phenoxy) is 1. The molecule has 5 aliphatic rings. The predicted octanol–water partition coefficient (Wildman–Crippen LogP) is 2.77. The molecule has 5 rings (SSSR count). The lowest BCUT2D eigenvalue weighted by atomic mass is 9.49.